The average molecular weight is 266 g/mol. The zero-order valence-electron chi connectivity index (χ0n) is 10.2. The maximum Gasteiger partial charge on any atom is 0.312 e. The van der Waals surface area contributed by atoms with Crippen molar-refractivity contribution < 1.29 is 27.2 Å². The minimum atomic E-state index is -3.52. The third-order valence-electron chi connectivity index (χ3n) is 3.26. The smallest absolute Gasteiger partial charge is 0.312 e. The summed E-state index contributed by atoms with van der Waals surface area (Å²) in [6.07, 6.45) is 0.950. The van der Waals surface area contributed by atoms with Crippen molar-refractivity contribution in [2.24, 2.45) is 5.41 Å². The van der Waals surface area contributed by atoms with Crippen LogP contribution < -0.4 is 0 Å². The molecule has 1 N–H and O–H groups in total. The van der Waals surface area contributed by atoms with E-state index in [1.807, 2.05) is 0 Å². The lowest BCUT2D eigenvalue weighted by Crippen LogP contribution is -2.47. The van der Waals surface area contributed by atoms with E-state index in [2.05, 4.69) is 0 Å². The van der Waals surface area contributed by atoms with Gasteiger partial charge in [0, 0.05) is 13.5 Å². The first kappa shape index (κ1) is 14.4. The van der Waals surface area contributed by atoms with Crippen LogP contribution in [0.25, 0.3) is 0 Å². The van der Waals surface area contributed by atoms with E-state index in [1.165, 1.54) is 7.11 Å². The summed E-state index contributed by atoms with van der Waals surface area (Å²) in [4.78, 5) is 11.2. The molecule has 1 fully saturated rings. The van der Waals surface area contributed by atoms with Crippen LogP contribution in [0.1, 0.15) is 26.2 Å². The summed E-state index contributed by atoms with van der Waals surface area (Å²) in [5.74, 6) is -0.929. The third-order valence-corrected chi connectivity index (χ3v) is 3.88. The maximum absolute atomic E-state index is 11.2. The van der Waals surface area contributed by atoms with Gasteiger partial charge in [-0.15, -0.1) is 0 Å². The molecule has 0 unspecified atom stereocenters. The van der Waals surface area contributed by atoms with Gasteiger partial charge in [0.05, 0.1) is 23.9 Å². The molecular formula is C10H18O6S. The summed E-state index contributed by atoms with van der Waals surface area (Å²) in [7, 11) is -2.09. The molecule has 7 heteroatoms. The Labute approximate surface area is 101 Å². The first-order valence-corrected chi connectivity index (χ1v) is 7.15. The standard InChI is InChI=1S/C10H18O6S/c1-10(9(11)12)5-4-7(6-8(10)15-2)16-17(3,13)14/h7-8H,4-6H2,1-3H3,(H,11,12)/t7-,8-,10+/m1/s1. The molecule has 0 heterocycles. The summed E-state index contributed by atoms with van der Waals surface area (Å²) in [6.45, 7) is 1.61. The van der Waals surface area contributed by atoms with Gasteiger partial charge >= 0.3 is 5.97 Å². The normalized spacial score (nSPS) is 34.5. The van der Waals surface area contributed by atoms with E-state index in [4.69, 9.17) is 8.92 Å². The molecule has 0 aliphatic heterocycles. The van der Waals surface area contributed by atoms with E-state index in [1.54, 1.807) is 6.92 Å². The van der Waals surface area contributed by atoms with Gasteiger partial charge in [-0.3, -0.25) is 8.98 Å². The molecule has 17 heavy (non-hydrogen) atoms. The van der Waals surface area contributed by atoms with E-state index < -0.39 is 33.7 Å². The van der Waals surface area contributed by atoms with Crippen LogP contribution in [0, 0.1) is 5.41 Å². The Bertz CT molecular complexity index is 390. The van der Waals surface area contributed by atoms with Gasteiger partial charge in [0.2, 0.25) is 0 Å². The van der Waals surface area contributed by atoms with E-state index >= 15 is 0 Å². The fourth-order valence-corrected chi connectivity index (χ4v) is 2.84. The molecule has 6 nitrogen and oxygen atoms in total. The fraction of sp³-hybridized carbons (Fsp3) is 0.900. The lowest BCUT2D eigenvalue weighted by atomic mass is 9.72. The minimum absolute atomic E-state index is 0.270. The van der Waals surface area contributed by atoms with Crippen molar-refractivity contribution in [2.75, 3.05) is 13.4 Å². The summed E-state index contributed by atoms with van der Waals surface area (Å²) in [5.41, 5.74) is -0.980. The summed E-state index contributed by atoms with van der Waals surface area (Å²) in [6, 6.07) is 0. The SMILES string of the molecule is CO[C@@H]1C[C@H](OS(C)(=O)=O)CC[C@]1(C)C(=O)O. The largest absolute Gasteiger partial charge is 0.481 e. The summed E-state index contributed by atoms with van der Waals surface area (Å²) in [5, 5.41) is 9.18. The van der Waals surface area contributed by atoms with Crippen molar-refractivity contribution >= 4 is 16.1 Å². The molecule has 1 saturated carbocycles. The number of aliphatic carboxylic acids is 1. The van der Waals surface area contributed by atoms with Crippen LogP contribution in [0.15, 0.2) is 0 Å². The Morgan fingerprint density at radius 1 is 1.47 bits per heavy atom. The summed E-state index contributed by atoms with van der Waals surface area (Å²) < 4.78 is 32.1. The molecular weight excluding hydrogens is 248 g/mol. The van der Waals surface area contributed by atoms with Crippen molar-refractivity contribution in [1.29, 1.82) is 0 Å². The van der Waals surface area contributed by atoms with Crippen LogP contribution in [0.3, 0.4) is 0 Å². The molecule has 0 amide bonds. The molecule has 0 saturated heterocycles. The van der Waals surface area contributed by atoms with Crippen molar-refractivity contribution in [3.8, 4) is 0 Å². The highest BCUT2D eigenvalue weighted by Gasteiger charge is 2.47. The highest BCUT2D eigenvalue weighted by atomic mass is 32.2. The Morgan fingerprint density at radius 2 is 2.06 bits per heavy atom. The molecule has 0 bridgehead atoms. The lowest BCUT2D eigenvalue weighted by molar-refractivity contribution is -0.163. The summed E-state index contributed by atoms with van der Waals surface area (Å²) >= 11 is 0. The number of hydrogen-bond donors (Lipinski definition) is 1. The Kier molecular flexibility index (Phi) is 4.16. The number of rotatable bonds is 4. The number of hydrogen-bond acceptors (Lipinski definition) is 5. The zero-order valence-corrected chi connectivity index (χ0v) is 11.0. The predicted molar refractivity (Wildman–Crippen MR) is 60.1 cm³/mol. The van der Waals surface area contributed by atoms with Crippen LogP contribution in [0.4, 0.5) is 0 Å². The van der Waals surface area contributed by atoms with Crippen molar-refractivity contribution in [1.82, 2.24) is 0 Å². The Hall–Kier alpha value is -0.660. The number of carboxylic acids is 1. The quantitative estimate of drug-likeness (QED) is 0.750. The van der Waals surface area contributed by atoms with Gasteiger partial charge in [-0.1, -0.05) is 0 Å². The van der Waals surface area contributed by atoms with Gasteiger partial charge < -0.3 is 9.84 Å². The molecule has 0 spiro atoms. The Balaban J connectivity index is 2.77. The average Bonchev–Trinajstić information content (AvgIpc) is 2.18. The van der Waals surface area contributed by atoms with Crippen LogP contribution in [0.2, 0.25) is 0 Å². The molecule has 0 aromatic carbocycles. The molecule has 0 aromatic heterocycles. The number of methoxy groups -OCH3 is 1. The number of ether oxygens (including phenoxy) is 1. The van der Waals surface area contributed by atoms with Gasteiger partial charge in [0.1, 0.15) is 0 Å². The number of carboxylic acid groups (broad SMARTS) is 1. The molecule has 3 atom stereocenters. The van der Waals surface area contributed by atoms with Gasteiger partial charge in [-0.2, -0.15) is 8.42 Å². The van der Waals surface area contributed by atoms with Gasteiger partial charge in [0.25, 0.3) is 10.1 Å². The second-order valence-corrected chi connectivity index (χ2v) is 6.24. The first-order valence-electron chi connectivity index (χ1n) is 5.33. The van der Waals surface area contributed by atoms with Gasteiger partial charge in [-0.05, 0) is 19.8 Å². The van der Waals surface area contributed by atoms with E-state index in [0.717, 1.165) is 6.26 Å². The highest BCUT2D eigenvalue weighted by molar-refractivity contribution is 7.86. The van der Waals surface area contributed by atoms with Gasteiger partial charge in [-0.25, -0.2) is 0 Å². The monoisotopic (exact) mass is 266 g/mol. The fourth-order valence-electron chi connectivity index (χ4n) is 2.17. The van der Waals surface area contributed by atoms with Crippen LogP contribution in [-0.4, -0.2) is 45.1 Å². The highest BCUT2D eigenvalue weighted by Crippen LogP contribution is 2.39. The van der Waals surface area contributed by atoms with E-state index in [-0.39, 0.29) is 6.42 Å². The molecule has 1 aliphatic rings. The number of carbonyl (C=O) groups is 1. The second-order valence-electron chi connectivity index (χ2n) is 4.64. The maximum atomic E-state index is 11.2. The predicted octanol–water partition coefficient (Wildman–Crippen LogP) is 0.621. The van der Waals surface area contributed by atoms with E-state index in [9.17, 15) is 18.3 Å². The topological polar surface area (TPSA) is 89.9 Å². The third kappa shape index (κ3) is 3.40. The molecule has 100 valence electrons. The first-order chi connectivity index (χ1) is 7.69. The van der Waals surface area contributed by atoms with Crippen molar-refractivity contribution in [3.05, 3.63) is 0 Å². The Morgan fingerprint density at radius 3 is 2.47 bits per heavy atom. The second kappa shape index (κ2) is 4.91. The molecule has 1 aliphatic carbocycles. The van der Waals surface area contributed by atoms with Crippen LogP contribution in [0.5, 0.6) is 0 Å². The lowest BCUT2D eigenvalue weighted by Gasteiger charge is -2.39. The van der Waals surface area contributed by atoms with Crippen LogP contribution >= 0.6 is 0 Å². The van der Waals surface area contributed by atoms with Crippen molar-refractivity contribution in [2.45, 2.75) is 38.4 Å². The minimum Gasteiger partial charge on any atom is -0.481 e. The molecule has 1 rings (SSSR count). The van der Waals surface area contributed by atoms with Gasteiger partial charge in [0.15, 0.2) is 0 Å². The van der Waals surface area contributed by atoms with E-state index in [0.29, 0.717) is 12.8 Å². The van der Waals surface area contributed by atoms with Crippen LogP contribution in [-0.2, 0) is 23.8 Å². The molecule has 0 radical (unpaired) electrons. The zero-order chi connectivity index (χ0) is 13.3. The molecule has 0 aromatic rings. The van der Waals surface area contributed by atoms with Crippen molar-refractivity contribution in [3.63, 3.8) is 0 Å².